The minimum Gasteiger partial charge on any atom is -0.469 e. The summed E-state index contributed by atoms with van der Waals surface area (Å²) in [5, 5.41) is 0. The number of ether oxygens (including phenoxy) is 1. The van der Waals surface area contributed by atoms with Crippen LogP contribution in [0.3, 0.4) is 0 Å². The smallest absolute Gasteiger partial charge is 0.310 e. The number of imidazole rings is 1. The summed E-state index contributed by atoms with van der Waals surface area (Å²) in [4.78, 5) is 18.3. The second-order valence-electron chi connectivity index (χ2n) is 3.12. The second-order valence-corrected chi connectivity index (χ2v) is 4.03. The molecule has 0 aliphatic carbocycles. The average molecular weight is 269 g/mol. The maximum Gasteiger partial charge on any atom is 0.310 e. The predicted octanol–water partition coefficient (Wildman–Crippen LogP) is 2.04. The van der Waals surface area contributed by atoms with Gasteiger partial charge < -0.3 is 9.72 Å². The molecule has 0 unspecified atom stereocenters. The van der Waals surface area contributed by atoms with Gasteiger partial charge in [0.05, 0.1) is 30.9 Å². The molecule has 5 heteroatoms. The molecule has 0 aliphatic heterocycles. The van der Waals surface area contributed by atoms with E-state index in [-0.39, 0.29) is 12.4 Å². The Kier molecular flexibility index (Phi) is 2.73. The van der Waals surface area contributed by atoms with Crippen LogP contribution in [0.2, 0.25) is 0 Å². The summed E-state index contributed by atoms with van der Waals surface area (Å²) >= 11 is 3.38. The molecule has 0 aliphatic rings. The maximum atomic E-state index is 11.2. The number of aromatic nitrogens is 2. The summed E-state index contributed by atoms with van der Waals surface area (Å²) in [5.41, 5.74) is 2.57. The zero-order valence-electron chi connectivity index (χ0n) is 8.08. The molecule has 2 aromatic rings. The lowest BCUT2D eigenvalue weighted by Gasteiger charge is -2.02. The Balaban J connectivity index is 2.48. The zero-order valence-corrected chi connectivity index (χ0v) is 9.67. The Morgan fingerprint density at radius 2 is 2.40 bits per heavy atom. The van der Waals surface area contributed by atoms with Gasteiger partial charge in [0.1, 0.15) is 0 Å². The summed E-state index contributed by atoms with van der Waals surface area (Å²) in [6.07, 6.45) is 1.84. The van der Waals surface area contributed by atoms with Gasteiger partial charge in [-0.2, -0.15) is 0 Å². The Labute approximate surface area is 94.8 Å². The van der Waals surface area contributed by atoms with E-state index in [2.05, 4.69) is 30.6 Å². The highest BCUT2D eigenvalue weighted by molar-refractivity contribution is 9.10. The van der Waals surface area contributed by atoms with Crippen molar-refractivity contribution in [1.82, 2.24) is 9.97 Å². The average Bonchev–Trinajstić information content (AvgIpc) is 2.65. The Morgan fingerprint density at radius 3 is 3.13 bits per heavy atom. The highest BCUT2D eigenvalue weighted by Crippen LogP contribution is 2.22. The van der Waals surface area contributed by atoms with Gasteiger partial charge in [-0.15, -0.1) is 0 Å². The Bertz CT molecular complexity index is 507. The number of benzene rings is 1. The van der Waals surface area contributed by atoms with Crippen molar-refractivity contribution in [3.05, 3.63) is 28.5 Å². The van der Waals surface area contributed by atoms with E-state index in [0.29, 0.717) is 0 Å². The number of H-pyrrole nitrogens is 1. The number of halogens is 1. The minimum absolute atomic E-state index is 0.233. The first kappa shape index (κ1) is 10.2. The SMILES string of the molecule is COC(=O)Cc1cc(Br)cc2[nH]cnc12. The van der Waals surface area contributed by atoms with Crippen LogP contribution in [-0.4, -0.2) is 23.0 Å². The Morgan fingerprint density at radius 1 is 1.60 bits per heavy atom. The monoisotopic (exact) mass is 268 g/mol. The van der Waals surface area contributed by atoms with E-state index in [4.69, 9.17) is 0 Å². The third-order valence-corrected chi connectivity index (χ3v) is 2.59. The van der Waals surface area contributed by atoms with Crippen LogP contribution < -0.4 is 0 Å². The van der Waals surface area contributed by atoms with Gasteiger partial charge in [0, 0.05) is 4.47 Å². The number of methoxy groups -OCH3 is 1. The number of hydrogen-bond donors (Lipinski definition) is 1. The Hall–Kier alpha value is -1.36. The predicted molar refractivity (Wildman–Crippen MR) is 59.5 cm³/mol. The zero-order chi connectivity index (χ0) is 10.8. The van der Waals surface area contributed by atoms with E-state index in [1.165, 1.54) is 7.11 Å². The van der Waals surface area contributed by atoms with Crippen molar-refractivity contribution in [1.29, 1.82) is 0 Å². The largest absolute Gasteiger partial charge is 0.469 e. The van der Waals surface area contributed by atoms with Crippen LogP contribution in [0.5, 0.6) is 0 Å². The number of fused-ring (bicyclic) bond motifs is 1. The number of esters is 1. The summed E-state index contributed by atoms with van der Waals surface area (Å²) in [6, 6.07) is 3.79. The summed E-state index contributed by atoms with van der Waals surface area (Å²) in [5.74, 6) is -0.266. The fraction of sp³-hybridized carbons (Fsp3) is 0.200. The fourth-order valence-corrected chi connectivity index (χ4v) is 1.95. The number of hydrogen-bond acceptors (Lipinski definition) is 3. The lowest BCUT2D eigenvalue weighted by molar-refractivity contribution is -0.139. The molecule has 0 saturated heterocycles. The molecule has 0 amide bonds. The van der Waals surface area contributed by atoms with E-state index in [1.807, 2.05) is 12.1 Å². The van der Waals surface area contributed by atoms with Gasteiger partial charge in [0.15, 0.2) is 0 Å². The molecule has 0 saturated carbocycles. The molecule has 0 fully saturated rings. The lowest BCUT2D eigenvalue weighted by Crippen LogP contribution is -2.04. The summed E-state index contributed by atoms with van der Waals surface area (Å²) in [7, 11) is 1.38. The van der Waals surface area contributed by atoms with Gasteiger partial charge in [-0.1, -0.05) is 15.9 Å². The first-order valence-electron chi connectivity index (χ1n) is 4.39. The van der Waals surface area contributed by atoms with Gasteiger partial charge in [-0.05, 0) is 17.7 Å². The van der Waals surface area contributed by atoms with Gasteiger partial charge in [0.2, 0.25) is 0 Å². The topological polar surface area (TPSA) is 55.0 Å². The van der Waals surface area contributed by atoms with Crippen LogP contribution in [0.4, 0.5) is 0 Å². The van der Waals surface area contributed by atoms with Crippen molar-refractivity contribution in [2.75, 3.05) is 7.11 Å². The molecule has 15 heavy (non-hydrogen) atoms. The van der Waals surface area contributed by atoms with Gasteiger partial charge in [-0.3, -0.25) is 4.79 Å². The maximum absolute atomic E-state index is 11.2. The van der Waals surface area contributed by atoms with Crippen molar-refractivity contribution in [3.63, 3.8) is 0 Å². The molecule has 78 valence electrons. The standard InChI is InChI=1S/C10H9BrN2O2/c1-15-9(14)3-6-2-7(11)4-8-10(6)13-5-12-8/h2,4-5H,3H2,1H3,(H,12,13). The molecule has 1 aromatic carbocycles. The number of aromatic amines is 1. The third kappa shape index (κ3) is 2.02. The molecule has 1 aromatic heterocycles. The summed E-state index contributed by atoms with van der Waals surface area (Å²) < 4.78 is 5.54. The fourth-order valence-electron chi connectivity index (χ4n) is 1.45. The van der Waals surface area contributed by atoms with Gasteiger partial charge in [0.25, 0.3) is 0 Å². The first-order valence-corrected chi connectivity index (χ1v) is 5.18. The normalized spacial score (nSPS) is 10.5. The number of carbonyl (C=O) groups is 1. The number of nitrogens with zero attached hydrogens (tertiary/aromatic N) is 1. The van der Waals surface area contributed by atoms with Gasteiger partial charge >= 0.3 is 5.97 Å². The van der Waals surface area contributed by atoms with Crippen molar-refractivity contribution >= 4 is 32.9 Å². The van der Waals surface area contributed by atoms with Crippen LogP contribution in [0, 0.1) is 0 Å². The van der Waals surface area contributed by atoms with Crippen molar-refractivity contribution in [2.24, 2.45) is 0 Å². The lowest BCUT2D eigenvalue weighted by atomic mass is 10.1. The number of rotatable bonds is 2. The van der Waals surface area contributed by atoms with Crippen LogP contribution in [0.25, 0.3) is 11.0 Å². The highest BCUT2D eigenvalue weighted by Gasteiger charge is 2.09. The molecule has 4 nitrogen and oxygen atoms in total. The second kappa shape index (κ2) is 4.02. The quantitative estimate of drug-likeness (QED) is 0.849. The van der Waals surface area contributed by atoms with E-state index in [1.54, 1.807) is 6.33 Å². The van der Waals surface area contributed by atoms with Crippen molar-refractivity contribution < 1.29 is 9.53 Å². The van der Waals surface area contributed by atoms with E-state index in [0.717, 1.165) is 21.1 Å². The molecule has 0 atom stereocenters. The van der Waals surface area contributed by atoms with Crippen molar-refractivity contribution in [2.45, 2.75) is 6.42 Å². The number of carbonyl (C=O) groups excluding carboxylic acids is 1. The molecule has 0 bridgehead atoms. The molecular formula is C10H9BrN2O2. The van der Waals surface area contributed by atoms with Crippen LogP contribution in [-0.2, 0) is 16.0 Å². The molecule has 2 rings (SSSR count). The van der Waals surface area contributed by atoms with E-state index >= 15 is 0 Å². The summed E-state index contributed by atoms with van der Waals surface area (Å²) in [6.45, 7) is 0. The molecule has 1 heterocycles. The minimum atomic E-state index is -0.266. The van der Waals surface area contributed by atoms with Crippen LogP contribution in [0.15, 0.2) is 22.9 Å². The molecule has 0 spiro atoms. The van der Waals surface area contributed by atoms with Gasteiger partial charge in [-0.25, -0.2) is 4.98 Å². The van der Waals surface area contributed by atoms with Crippen molar-refractivity contribution in [3.8, 4) is 0 Å². The van der Waals surface area contributed by atoms with Crippen LogP contribution >= 0.6 is 15.9 Å². The molecule has 1 N–H and O–H groups in total. The molecule has 0 radical (unpaired) electrons. The van der Waals surface area contributed by atoms with E-state index < -0.39 is 0 Å². The van der Waals surface area contributed by atoms with E-state index in [9.17, 15) is 4.79 Å². The third-order valence-electron chi connectivity index (χ3n) is 2.13. The number of nitrogens with one attached hydrogen (secondary N) is 1. The molecular weight excluding hydrogens is 260 g/mol. The first-order chi connectivity index (χ1) is 7.20. The van der Waals surface area contributed by atoms with Crippen LogP contribution in [0.1, 0.15) is 5.56 Å². The highest BCUT2D eigenvalue weighted by atomic mass is 79.9.